The molecule has 0 aliphatic carbocycles. The first-order valence-electron chi connectivity index (χ1n) is 11.3. The van der Waals surface area contributed by atoms with E-state index in [4.69, 9.17) is 9.97 Å². The summed E-state index contributed by atoms with van der Waals surface area (Å²) in [7, 11) is 0. The highest BCUT2D eigenvalue weighted by molar-refractivity contribution is 5.84. The van der Waals surface area contributed by atoms with E-state index >= 15 is 0 Å². The molecule has 3 heterocycles. The highest BCUT2D eigenvalue weighted by Gasteiger charge is 2.20. The number of amides is 1. The molecule has 2 aromatic carbocycles. The molecule has 1 aliphatic heterocycles. The predicted molar refractivity (Wildman–Crippen MR) is 128 cm³/mol. The Bertz CT molecular complexity index is 1280. The van der Waals surface area contributed by atoms with Crippen LogP contribution in [0.3, 0.4) is 0 Å². The first-order valence-corrected chi connectivity index (χ1v) is 11.3. The van der Waals surface area contributed by atoms with Gasteiger partial charge in [-0.1, -0.05) is 49.4 Å². The third-order valence-corrected chi connectivity index (χ3v) is 5.92. The summed E-state index contributed by atoms with van der Waals surface area (Å²) in [6, 6.07) is 16.3. The fourth-order valence-electron chi connectivity index (χ4n) is 4.11. The van der Waals surface area contributed by atoms with Crippen molar-refractivity contribution in [3.63, 3.8) is 0 Å². The number of hydrogen-bond donors (Lipinski definition) is 3. The number of anilines is 1. The fourth-order valence-corrected chi connectivity index (χ4v) is 4.11. The van der Waals surface area contributed by atoms with E-state index < -0.39 is 0 Å². The van der Waals surface area contributed by atoms with E-state index in [-0.39, 0.29) is 5.91 Å². The molecule has 33 heavy (non-hydrogen) atoms. The van der Waals surface area contributed by atoms with E-state index in [9.17, 15) is 4.79 Å². The number of aromatic nitrogens is 4. The van der Waals surface area contributed by atoms with Crippen LogP contribution < -0.4 is 16.0 Å². The van der Waals surface area contributed by atoms with Crippen LogP contribution >= 0.6 is 0 Å². The van der Waals surface area contributed by atoms with Gasteiger partial charge in [0.25, 0.3) is 5.95 Å². The summed E-state index contributed by atoms with van der Waals surface area (Å²) in [6.45, 7) is 4.62. The Kier molecular flexibility index (Phi) is 5.99. The summed E-state index contributed by atoms with van der Waals surface area (Å²) in [6.07, 6.45) is 3.17. The molecule has 0 saturated heterocycles. The Morgan fingerprint density at radius 1 is 1.09 bits per heavy atom. The molecule has 0 radical (unpaired) electrons. The normalized spacial score (nSPS) is 13.0. The van der Waals surface area contributed by atoms with Gasteiger partial charge in [0, 0.05) is 37.0 Å². The molecular formula is C25H27N7O. The van der Waals surface area contributed by atoms with E-state index in [1.807, 2.05) is 49.5 Å². The number of benzene rings is 2. The molecule has 0 bridgehead atoms. The first kappa shape index (κ1) is 21.1. The maximum Gasteiger partial charge on any atom is 0.253 e. The van der Waals surface area contributed by atoms with Crippen molar-refractivity contribution in [1.29, 1.82) is 0 Å². The van der Waals surface area contributed by atoms with Crippen molar-refractivity contribution in [2.75, 3.05) is 11.9 Å². The molecule has 0 saturated carbocycles. The van der Waals surface area contributed by atoms with Gasteiger partial charge in [-0.2, -0.15) is 14.8 Å². The van der Waals surface area contributed by atoms with Crippen molar-refractivity contribution < 1.29 is 4.79 Å². The van der Waals surface area contributed by atoms with Crippen LogP contribution in [-0.4, -0.2) is 32.2 Å². The molecule has 5 rings (SSSR count). The Hall–Kier alpha value is -3.78. The van der Waals surface area contributed by atoms with Crippen LogP contribution in [0.2, 0.25) is 0 Å². The Morgan fingerprint density at radius 2 is 1.97 bits per heavy atom. The van der Waals surface area contributed by atoms with Crippen LogP contribution in [0.1, 0.15) is 35.7 Å². The summed E-state index contributed by atoms with van der Waals surface area (Å²) in [5.74, 6) is 1.42. The monoisotopic (exact) mass is 441 g/mol. The van der Waals surface area contributed by atoms with Crippen molar-refractivity contribution >= 4 is 22.6 Å². The van der Waals surface area contributed by atoms with Gasteiger partial charge in [-0.15, -0.1) is 0 Å². The quantitative estimate of drug-likeness (QED) is 0.408. The van der Waals surface area contributed by atoms with Gasteiger partial charge in [0.05, 0.1) is 17.4 Å². The molecule has 0 unspecified atom stereocenters. The maximum absolute atomic E-state index is 11.7. The molecule has 4 aromatic rings. The van der Waals surface area contributed by atoms with Gasteiger partial charge in [0.2, 0.25) is 5.91 Å². The van der Waals surface area contributed by atoms with E-state index in [1.165, 1.54) is 5.56 Å². The summed E-state index contributed by atoms with van der Waals surface area (Å²) in [4.78, 5) is 21.5. The van der Waals surface area contributed by atoms with Gasteiger partial charge >= 0.3 is 0 Å². The number of carbonyl (C=O) groups excluding carboxylic acids is 1. The highest BCUT2D eigenvalue weighted by atomic mass is 16.1. The van der Waals surface area contributed by atoms with Crippen molar-refractivity contribution in [2.45, 2.75) is 39.4 Å². The fraction of sp³-hybridized carbons (Fsp3) is 0.280. The lowest BCUT2D eigenvalue weighted by molar-refractivity contribution is -0.120. The lowest BCUT2D eigenvalue weighted by atomic mass is 10.1. The van der Waals surface area contributed by atoms with Crippen molar-refractivity contribution in [2.24, 2.45) is 0 Å². The molecule has 0 spiro atoms. The average molecular weight is 442 g/mol. The van der Waals surface area contributed by atoms with Crippen LogP contribution in [0.4, 0.5) is 5.82 Å². The average Bonchev–Trinajstić information content (AvgIpc) is 3.31. The minimum absolute atomic E-state index is 0.0269. The minimum atomic E-state index is 0.0269. The Morgan fingerprint density at radius 3 is 2.82 bits per heavy atom. The van der Waals surface area contributed by atoms with Gasteiger partial charge in [0.1, 0.15) is 5.82 Å². The molecule has 2 aromatic heterocycles. The predicted octanol–water partition coefficient (Wildman–Crippen LogP) is 3.10. The number of rotatable bonds is 7. The zero-order valence-corrected chi connectivity index (χ0v) is 18.6. The number of carbonyl (C=O) groups is 1. The van der Waals surface area contributed by atoms with Crippen molar-refractivity contribution in [3.8, 4) is 5.95 Å². The molecule has 168 valence electrons. The third-order valence-electron chi connectivity index (χ3n) is 5.92. The topological polar surface area (TPSA) is 96.8 Å². The van der Waals surface area contributed by atoms with E-state index in [0.29, 0.717) is 32.0 Å². The third kappa shape index (κ3) is 4.42. The number of nitrogens with one attached hydrogen (secondary N) is 3. The SMILES string of the molecule is CCC(=O)NCc1cccc2c1cnn2-c1nc2c(c(NCc3ccccc3)n1)CCNC2. The number of fused-ring (bicyclic) bond motifs is 2. The first-order chi connectivity index (χ1) is 16.2. The molecule has 8 nitrogen and oxygen atoms in total. The molecule has 3 N–H and O–H groups in total. The lowest BCUT2D eigenvalue weighted by Gasteiger charge is -2.21. The summed E-state index contributed by atoms with van der Waals surface area (Å²) in [5.41, 5.74) is 5.28. The molecule has 8 heteroatoms. The number of nitrogens with zero attached hydrogens (tertiary/aromatic N) is 4. The summed E-state index contributed by atoms with van der Waals surface area (Å²) < 4.78 is 1.78. The minimum Gasteiger partial charge on any atom is -0.366 e. The molecule has 1 aliphatic rings. The largest absolute Gasteiger partial charge is 0.366 e. The van der Waals surface area contributed by atoms with Crippen LogP contribution in [0.5, 0.6) is 0 Å². The van der Waals surface area contributed by atoms with Gasteiger partial charge in [0.15, 0.2) is 0 Å². The lowest BCUT2D eigenvalue weighted by Crippen LogP contribution is -2.27. The Labute approximate surface area is 192 Å². The second-order valence-electron chi connectivity index (χ2n) is 8.10. The van der Waals surface area contributed by atoms with E-state index in [0.717, 1.165) is 46.5 Å². The molecule has 1 amide bonds. The molecule has 0 atom stereocenters. The van der Waals surface area contributed by atoms with Crippen LogP contribution in [0, 0.1) is 0 Å². The zero-order chi connectivity index (χ0) is 22.6. The standard InChI is InChI=1S/C25H27N7O/c1-2-23(33)27-14-18-9-6-10-22-20(18)15-29-32(22)25-30-21-16-26-12-11-19(21)24(31-25)28-13-17-7-4-3-5-8-17/h3-10,15,26H,2,11-14,16H2,1H3,(H,27,33)(H,28,30,31). The van der Waals surface area contributed by atoms with Gasteiger partial charge in [-0.05, 0) is 30.2 Å². The molecule has 0 fully saturated rings. The second-order valence-corrected chi connectivity index (χ2v) is 8.10. The van der Waals surface area contributed by atoms with E-state index in [1.54, 1.807) is 4.68 Å². The molecular weight excluding hydrogens is 414 g/mol. The summed E-state index contributed by atoms with van der Waals surface area (Å²) in [5, 5.41) is 15.5. The van der Waals surface area contributed by atoms with Gasteiger partial charge < -0.3 is 16.0 Å². The zero-order valence-electron chi connectivity index (χ0n) is 18.6. The summed E-state index contributed by atoms with van der Waals surface area (Å²) >= 11 is 0. The maximum atomic E-state index is 11.7. The second kappa shape index (κ2) is 9.38. The van der Waals surface area contributed by atoms with Gasteiger partial charge in [-0.25, -0.2) is 4.98 Å². The van der Waals surface area contributed by atoms with Crippen LogP contribution in [0.15, 0.2) is 54.7 Å². The number of hydrogen-bond acceptors (Lipinski definition) is 6. The van der Waals surface area contributed by atoms with Crippen molar-refractivity contribution in [1.82, 2.24) is 30.4 Å². The van der Waals surface area contributed by atoms with Crippen LogP contribution in [-0.2, 0) is 30.8 Å². The van der Waals surface area contributed by atoms with Crippen LogP contribution in [0.25, 0.3) is 16.9 Å². The Balaban J connectivity index is 1.50. The van der Waals surface area contributed by atoms with Gasteiger partial charge in [-0.3, -0.25) is 4.79 Å². The van der Waals surface area contributed by atoms with E-state index in [2.05, 4.69) is 33.2 Å². The smallest absolute Gasteiger partial charge is 0.253 e. The van der Waals surface area contributed by atoms with Crippen molar-refractivity contribution in [3.05, 3.63) is 77.1 Å². The highest BCUT2D eigenvalue weighted by Crippen LogP contribution is 2.25.